The summed E-state index contributed by atoms with van der Waals surface area (Å²) in [5.41, 5.74) is 0.315. The van der Waals surface area contributed by atoms with Crippen molar-refractivity contribution in [3.05, 3.63) is 17.8 Å². The van der Waals surface area contributed by atoms with Gasteiger partial charge >= 0.3 is 0 Å². The number of rotatable bonds is 3. The van der Waals surface area contributed by atoms with Crippen molar-refractivity contribution >= 4 is 11.7 Å². The quantitative estimate of drug-likeness (QED) is 0.891. The normalized spacial score (nSPS) is 16.8. The van der Waals surface area contributed by atoms with Crippen LogP contribution in [0.15, 0.2) is 12.1 Å². The maximum Gasteiger partial charge on any atom is 0.272 e. The van der Waals surface area contributed by atoms with Crippen molar-refractivity contribution in [3.63, 3.8) is 0 Å². The molecule has 0 radical (unpaired) electrons. The van der Waals surface area contributed by atoms with E-state index in [9.17, 15) is 4.79 Å². The number of hydrogen-bond acceptors (Lipinski definition) is 4. The molecule has 1 aliphatic rings. The fourth-order valence-electron chi connectivity index (χ4n) is 2.41. The van der Waals surface area contributed by atoms with Gasteiger partial charge in [0.15, 0.2) is 5.69 Å². The van der Waals surface area contributed by atoms with Crippen molar-refractivity contribution in [1.29, 1.82) is 0 Å². The Hall–Kier alpha value is -1.65. The molecule has 5 nitrogen and oxygen atoms in total. The third-order valence-corrected chi connectivity index (χ3v) is 3.34. The number of nitrogens with one attached hydrogen (secondary N) is 2. The number of hydrogen-bond donors (Lipinski definition) is 2. The van der Waals surface area contributed by atoms with Gasteiger partial charge in [0.05, 0.1) is 0 Å². The van der Waals surface area contributed by atoms with E-state index in [1.54, 1.807) is 12.1 Å². The van der Waals surface area contributed by atoms with E-state index >= 15 is 0 Å². The SMILES string of the molecule is CC(C)(C)Nc1ccc(C(=O)NC2CCCCC2)nn1. The molecule has 2 rings (SSSR count). The van der Waals surface area contributed by atoms with Crippen molar-refractivity contribution < 1.29 is 4.79 Å². The van der Waals surface area contributed by atoms with Crippen molar-refractivity contribution in [2.45, 2.75) is 64.5 Å². The molecule has 1 aromatic heterocycles. The number of aromatic nitrogens is 2. The van der Waals surface area contributed by atoms with Crippen molar-refractivity contribution in [2.24, 2.45) is 0 Å². The molecule has 20 heavy (non-hydrogen) atoms. The molecule has 1 aromatic rings. The van der Waals surface area contributed by atoms with Crippen LogP contribution in [0, 0.1) is 0 Å². The molecular formula is C15H24N4O. The van der Waals surface area contributed by atoms with Crippen LogP contribution in [0.3, 0.4) is 0 Å². The molecule has 0 spiro atoms. The molecule has 0 bridgehead atoms. The second-order valence-corrected chi connectivity index (χ2v) is 6.49. The highest BCUT2D eigenvalue weighted by Gasteiger charge is 2.18. The largest absolute Gasteiger partial charge is 0.364 e. The van der Waals surface area contributed by atoms with Crippen LogP contribution in [0.1, 0.15) is 63.4 Å². The number of amides is 1. The van der Waals surface area contributed by atoms with Crippen molar-refractivity contribution in [3.8, 4) is 0 Å². The van der Waals surface area contributed by atoms with Crippen molar-refractivity contribution in [1.82, 2.24) is 15.5 Å². The van der Waals surface area contributed by atoms with Gasteiger partial charge in [-0.3, -0.25) is 4.79 Å². The molecule has 5 heteroatoms. The summed E-state index contributed by atoms with van der Waals surface area (Å²) in [5.74, 6) is 0.568. The molecular weight excluding hydrogens is 252 g/mol. The molecule has 1 saturated carbocycles. The predicted octanol–water partition coefficient (Wildman–Crippen LogP) is 2.75. The van der Waals surface area contributed by atoms with E-state index in [1.807, 2.05) is 0 Å². The number of carbonyl (C=O) groups excluding carboxylic acids is 1. The Morgan fingerprint density at radius 1 is 1.15 bits per heavy atom. The van der Waals surface area contributed by atoms with Crippen LogP contribution >= 0.6 is 0 Å². The highest BCUT2D eigenvalue weighted by molar-refractivity contribution is 5.92. The van der Waals surface area contributed by atoms with Crippen LogP contribution in [0.4, 0.5) is 5.82 Å². The fourth-order valence-corrected chi connectivity index (χ4v) is 2.41. The first-order valence-electron chi connectivity index (χ1n) is 7.37. The van der Waals surface area contributed by atoms with Crippen LogP contribution in [-0.2, 0) is 0 Å². The third kappa shape index (κ3) is 4.47. The Kier molecular flexibility index (Phi) is 4.57. The van der Waals surface area contributed by atoms with Crippen LogP contribution in [-0.4, -0.2) is 27.7 Å². The first-order chi connectivity index (χ1) is 9.44. The standard InChI is InChI=1S/C15H24N4O/c1-15(2,3)17-13-10-9-12(18-19-13)14(20)16-11-7-5-4-6-8-11/h9-11H,4-8H2,1-3H3,(H,16,20)(H,17,19). The molecule has 0 unspecified atom stereocenters. The summed E-state index contributed by atoms with van der Waals surface area (Å²) in [4.78, 5) is 12.1. The molecule has 1 aliphatic carbocycles. The van der Waals surface area contributed by atoms with E-state index in [4.69, 9.17) is 0 Å². The van der Waals surface area contributed by atoms with E-state index in [1.165, 1.54) is 19.3 Å². The van der Waals surface area contributed by atoms with Gasteiger partial charge in [-0.2, -0.15) is 0 Å². The zero-order valence-corrected chi connectivity index (χ0v) is 12.6. The number of nitrogens with zero attached hydrogens (tertiary/aromatic N) is 2. The minimum atomic E-state index is -0.119. The van der Waals surface area contributed by atoms with Gasteiger partial charge in [-0.25, -0.2) is 0 Å². The average Bonchev–Trinajstić information content (AvgIpc) is 2.39. The van der Waals surface area contributed by atoms with Gasteiger partial charge in [0.25, 0.3) is 5.91 Å². The Morgan fingerprint density at radius 3 is 2.40 bits per heavy atom. The van der Waals surface area contributed by atoms with Gasteiger partial charge in [-0.15, -0.1) is 10.2 Å². The summed E-state index contributed by atoms with van der Waals surface area (Å²) in [6.45, 7) is 6.16. The molecule has 1 amide bonds. The lowest BCUT2D eigenvalue weighted by atomic mass is 9.95. The molecule has 0 aromatic carbocycles. The molecule has 110 valence electrons. The summed E-state index contributed by atoms with van der Waals surface area (Å²) >= 11 is 0. The number of anilines is 1. The van der Waals surface area contributed by atoms with Gasteiger partial charge in [0, 0.05) is 11.6 Å². The van der Waals surface area contributed by atoms with Crippen LogP contribution in [0.5, 0.6) is 0 Å². The van der Waals surface area contributed by atoms with Gasteiger partial charge in [0.1, 0.15) is 5.82 Å². The fraction of sp³-hybridized carbons (Fsp3) is 0.667. The Balaban J connectivity index is 1.93. The second-order valence-electron chi connectivity index (χ2n) is 6.49. The topological polar surface area (TPSA) is 66.9 Å². The highest BCUT2D eigenvalue weighted by Crippen LogP contribution is 2.17. The van der Waals surface area contributed by atoms with E-state index in [2.05, 4.69) is 41.6 Å². The summed E-state index contributed by atoms with van der Waals surface area (Å²) in [6, 6.07) is 3.82. The molecule has 0 saturated heterocycles. The summed E-state index contributed by atoms with van der Waals surface area (Å²) in [7, 11) is 0. The lowest BCUT2D eigenvalue weighted by Gasteiger charge is -2.22. The maximum absolute atomic E-state index is 12.1. The van der Waals surface area contributed by atoms with Gasteiger partial charge in [0.2, 0.25) is 0 Å². The van der Waals surface area contributed by atoms with Gasteiger partial charge < -0.3 is 10.6 Å². The zero-order valence-electron chi connectivity index (χ0n) is 12.6. The van der Waals surface area contributed by atoms with E-state index in [0.29, 0.717) is 17.6 Å². The third-order valence-electron chi connectivity index (χ3n) is 3.34. The lowest BCUT2D eigenvalue weighted by Crippen LogP contribution is -2.36. The molecule has 2 N–H and O–H groups in total. The van der Waals surface area contributed by atoms with E-state index < -0.39 is 0 Å². The van der Waals surface area contributed by atoms with E-state index in [0.717, 1.165) is 12.8 Å². The second kappa shape index (κ2) is 6.20. The number of carbonyl (C=O) groups is 1. The summed E-state index contributed by atoms with van der Waals surface area (Å²) < 4.78 is 0. The molecule has 0 atom stereocenters. The van der Waals surface area contributed by atoms with Gasteiger partial charge in [-0.1, -0.05) is 19.3 Å². The van der Waals surface area contributed by atoms with Gasteiger partial charge in [-0.05, 0) is 45.7 Å². The first kappa shape index (κ1) is 14.8. The lowest BCUT2D eigenvalue weighted by molar-refractivity contribution is 0.0921. The molecule has 1 heterocycles. The van der Waals surface area contributed by atoms with E-state index in [-0.39, 0.29) is 11.4 Å². The minimum absolute atomic E-state index is 0.0689. The minimum Gasteiger partial charge on any atom is -0.364 e. The predicted molar refractivity (Wildman–Crippen MR) is 79.7 cm³/mol. The maximum atomic E-state index is 12.1. The smallest absolute Gasteiger partial charge is 0.272 e. The molecule has 0 aliphatic heterocycles. The van der Waals surface area contributed by atoms with Crippen LogP contribution < -0.4 is 10.6 Å². The zero-order chi connectivity index (χ0) is 14.6. The summed E-state index contributed by atoms with van der Waals surface area (Å²) in [5, 5.41) is 14.3. The Bertz CT molecular complexity index is 444. The monoisotopic (exact) mass is 276 g/mol. The van der Waals surface area contributed by atoms with Crippen LogP contribution in [0.25, 0.3) is 0 Å². The Morgan fingerprint density at radius 2 is 1.85 bits per heavy atom. The Labute approximate surface area is 120 Å². The van der Waals surface area contributed by atoms with Crippen molar-refractivity contribution in [2.75, 3.05) is 5.32 Å². The summed E-state index contributed by atoms with van der Waals surface area (Å²) in [6.07, 6.45) is 5.82. The average molecular weight is 276 g/mol. The van der Waals surface area contributed by atoms with Crippen LogP contribution in [0.2, 0.25) is 0 Å². The highest BCUT2D eigenvalue weighted by atomic mass is 16.2. The molecule has 1 fully saturated rings. The first-order valence-corrected chi connectivity index (χ1v) is 7.37.